The van der Waals surface area contributed by atoms with Crippen LogP contribution < -0.4 is 0 Å². The molecule has 0 atom stereocenters. The van der Waals surface area contributed by atoms with Gasteiger partial charge in [-0.3, -0.25) is 9.59 Å². The van der Waals surface area contributed by atoms with Gasteiger partial charge in [0, 0.05) is 23.9 Å². The van der Waals surface area contributed by atoms with Crippen LogP contribution in [0.25, 0.3) is 0 Å². The van der Waals surface area contributed by atoms with E-state index in [-0.39, 0.29) is 17.1 Å². The number of aliphatic imine (C=N–C) groups is 1. The zero-order chi connectivity index (χ0) is 13.4. The third-order valence-corrected chi connectivity index (χ3v) is 3.26. The van der Waals surface area contributed by atoms with Crippen molar-refractivity contribution in [1.29, 1.82) is 0 Å². The monoisotopic (exact) mass is 252 g/mol. The van der Waals surface area contributed by atoms with Gasteiger partial charge in [0.15, 0.2) is 11.6 Å². The van der Waals surface area contributed by atoms with Crippen molar-refractivity contribution >= 4 is 17.9 Å². The number of carbonyl (C=O) groups is 2. The van der Waals surface area contributed by atoms with E-state index >= 15 is 0 Å². The minimum atomic E-state index is -0.234. The Balaban J connectivity index is 2.08. The van der Waals surface area contributed by atoms with E-state index in [0.717, 1.165) is 6.54 Å². The summed E-state index contributed by atoms with van der Waals surface area (Å²) in [4.78, 5) is 30.6. The smallest absolute Gasteiger partial charge is 0.199 e. The molecule has 1 heterocycles. The van der Waals surface area contributed by atoms with Gasteiger partial charge >= 0.3 is 0 Å². The first kappa shape index (κ1) is 11.6. The predicted molar refractivity (Wildman–Crippen MR) is 72.1 cm³/mol. The van der Waals surface area contributed by atoms with E-state index in [9.17, 15) is 9.59 Å². The Hall–Kier alpha value is -2.49. The van der Waals surface area contributed by atoms with Crippen molar-refractivity contribution in [3.8, 4) is 0 Å². The first-order valence-corrected chi connectivity index (χ1v) is 6.13. The summed E-state index contributed by atoms with van der Waals surface area (Å²) in [5, 5.41) is 0. The molecule has 1 aliphatic heterocycles. The van der Waals surface area contributed by atoms with Crippen LogP contribution in [0.4, 0.5) is 0 Å². The molecule has 4 nitrogen and oxygen atoms in total. The summed E-state index contributed by atoms with van der Waals surface area (Å²) in [5.41, 5.74) is 1.55. The average molecular weight is 252 g/mol. The molecule has 1 aromatic rings. The van der Waals surface area contributed by atoms with Crippen LogP contribution in [0.3, 0.4) is 0 Å². The van der Waals surface area contributed by atoms with Crippen LogP contribution in [0.5, 0.6) is 0 Å². The number of rotatable bonds is 1. The molecule has 4 heteroatoms. The minimum Gasteiger partial charge on any atom is -0.339 e. The van der Waals surface area contributed by atoms with Crippen molar-refractivity contribution in [3.05, 3.63) is 58.9 Å². The molecule has 3 rings (SSSR count). The lowest BCUT2D eigenvalue weighted by atomic mass is 10.1. The van der Waals surface area contributed by atoms with E-state index in [1.807, 2.05) is 18.0 Å². The van der Waals surface area contributed by atoms with Crippen LogP contribution in [-0.4, -0.2) is 29.3 Å². The normalized spacial score (nSPS) is 17.4. The molecular weight excluding hydrogens is 240 g/mol. The maximum atomic E-state index is 12.3. The lowest BCUT2D eigenvalue weighted by molar-refractivity contribution is 0.0987. The Morgan fingerprint density at radius 3 is 2.21 bits per heavy atom. The van der Waals surface area contributed by atoms with Crippen LogP contribution >= 0.6 is 0 Å². The van der Waals surface area contributed by atoms with Gasteiger partial charge in [0.05, 0.1) is 17.6 Å². The van der Waals surface area contributed by atoms with Gasteiger partial charge in [0.1, 0.15) is 0 Å². The lowest BCUT2D eigenvalue weighted by Gasteiger charge is -2.15. The molecule has 0 unspecified atom stereocenters. The molecule has 0 bridgehead atoms. The van der Waals surface area contributed by atoms with Crippen molar-refractivity contribution in [1.82, 2.24) is 4.90 Å². The summed E-state index contributed by atoms with van der Waals surface area (Å²) in [7, 11) is 0. The first-order valence-electron chi connectivity index (χ1n) is 6.13. The van der Waals surface area contributed by atoms with Crippen molar-refractivity contribution in [3.63, 3.8) is 0 Å². The second-order valence-electron chi connectivity index (χ2n) is 4.35. The van der Waals surface area contributed by atoms with Crippen molar-refractivity contribution in [2.45, 2.75) is 6.92 Å². The Bertz CT molecular complexity index is 615. The predicted octanol–water partition coefficient (Wildman–Crippen LogP) is 2.20. The number of carbonyl (C=O) groups excluding carboxylic acids is 2. The highest BCUT2D eigenvalue weighted by molar-refractivity contribution is 6.40. The highest BCUT2D eigenvalue weighted by Gasteiger charge is 2.35. The van der Waals surface area contributed by atoms with Crippen LogP contribution in [0.2, 0.25) is 0 Å². The van der Waals surface area contributed by atoms with Crippen molar-refractivity contribution in [2.75, 3.05) is 6.54 Å². The van der Waals surface area contributed by atoms with Gasteiger partial charge in [-0.1, -0.05) is 24.3 Å². The largest absolute Gasteiger partial charge is 0.339 e. The van der Waals surface area contributed by atoms with Crippen molar-refractivity contribution < 1.29 is 9.59 Å². The molecule has 2 aliphatic rings. The zero-order valence-electron chi connectivity index (χ0n) is 10.5. The van der Waals surface area contributed by atoms with E-state index in [2.05, 4.69) is 4.99 Å². The molecular formula is C15H12N2O2. The van der Waals surface area contributed by atoms with Crippen LogP contribution in [0.15, 0.2) is 52.8 Å². The maximum absolute atomic E-state index is 12.3. The summed E-state index contributed by atoms with van der Waals surface area (Å²) >= 11 is 0. The number of hydrogen-bond acceptors (Lipinski definition) is 4. The van der Waals surface area contributed by atoms with Gasteiger partial charge in [-0.05, 0) is 13.0 Å². The molecule has 0 radical (unpaired) electrons. The summed E-state index contributed by atoms with van der Waals surface area (Å²) in [6.45, 7) is 2.79. The molecule has 19 heavy (non-hydrogen) atoms. The number of fused-ring (bicyclic) bond motifs is 1. The lowest BCUT2D eigenvalue weighted by Crippen LogP contribution is -2.17. The van der Waals surface area contributed by atoms with Crippen LogP contribution in [0, 0.1) is 0 Å². The third-order valence-electron chi connectivity index (χ3n) is 3.26. The summed E-state index contributed by atoms with van der Waals surface area (Å²) in [5.74, 6) is -0.468. The second kappa shape index (κ2) is 4.31. The fraction of sp³-hybridized carbons (Fsp3) is 0.133. The molecule has 0 saturated heterocycles. The van der Waals surface area contributed by atoms with Gasteiger partial charge in [-0.2, -0.15) is 0 Å². The van der Waals surface area contributed by atoms with Crippen molar-refractivity contribution in [2.24, 2.45) is 4.99 Å². The Kier molecular flexibility index (Phi) is 2.63. The van der Waals surface area contributed by atoms with Gasteiger partial charge in [0.2, 0.25) is 0 Å². The number of Topliss-reactive ketones (excluding diaryl/α,β-unsaturated/α-hetero) is 2. The number of benzene rings is 1. The van der Waals surface area contributed by atoms with E-state index in [1.54, 1.807) is 36.7 Å². The highest BCUT2D eigenvalue weighted by atomic mass is 16.2. The average Bonchev–Trinajstić information content (AvgIpc) is 2.72. The molecule has 0 N–H and O–H groups in total. The number of ketones is 2. The Morgan fingerprint density at radius 2 is 1.74 bits per heavy atom. The molecule has 0 saturated carbocycles. The molecule has 94 valence electrons. The number of allylic oxidation sites excluding steroid dienone is 2. The molecule has 0 fully saturated rings. The van der Waals surface area contributed by atoms with Crippen LogP contribution in [0.1, 0.15) is 27.6 Å². The summed E-state index contributed by atoms with van der Waals surface area (Å²) < 4.78 is 0. The van der Waals surface area contributed by atoms with Gasteiger partial charge in [0.25, 0.3) is 0 Å². The van der Waals surface area contributed by atoms with E-state index < -0.39 is 0 Å². The zero-order valence-corrected chi connectivity index (χ0v) is 10.5. The van der Waals surface area contributed by atoms with E-state index in [4.69, 9.17) is 0 Å². The molecule has 0 aromatic heterocycles. The SMILES string of the molecule is CCN1C=CC(=C2C(=O)c3ccccc3C2=O)N=C1. The van der Waals surface area contributed by atoms with Gasteiger partial charge in [-0.15, -0.1) is 0 Å². The highest BCUT2D eigenvalue weighted by Crippen LogP contribution is 2.29. The number of hydrogen-bond donors (Lipinski definition) is 0. The van der Waals surface area contributed by atoms with Gasteiger partial charge in [-0.25, -0.2) is 4.99 Å². The molecule has 1 aromatic carbocycles. The molecule has 0 amide bonds. The van der Waals surface area contributed by atoms with Gasteiger partial charge < -0.3 is 4.90 Å². The second-order valence-corrected chi connectivity index (χ2v) is 4.35. The van der Waals surface area contributed by atoms with E-state index in [0.29, 0.717) is 16.8 Å². The minimum absolute atomic E-state index is 0.171. The first-order chi connectivity index (χ1) is 9.22. The molecule has 0 spiro atoms. The third kappa shape index (κ3) is 1.73. The quantitative estimate of drug-likeness (QED) is 0.568. The fourth-order valence-electron chi connectivity index (χ4n) is 2.20. The topological polar surface area (TPSA) is 49.7 Å². The summed E-state index contributed by atoms with van der Waals surface area (Å²) in [6, 6.07) is 6.88. The van der Waals surface area contributed by atoms with Crippen LogP contribution in [-0.2, 0) is 0 Å². The molecule has 1 aliphatic carbocycles. The number of nitrogens with zero attached hydrogens (tertiary/aromatic N) is 2. The fourth-order valence-corrected chi connectivity index (χ4v) is 2.20. The van der Waals surface area contributed by atoms with E-state index in [1.165, 1.54) is 0 Å². The maximum Gasteiger partial charge on any atom is 0.199 e. The summed E-state index contributed by atoms with van der Waals surface area (Å²) in [6.07, 6.45) is 5.16. The Morgan fingerprint density at radius 1 is 1.11 bits per heavy atom. The Labute approximate surface area is 110 Å². The standard InChI is InChI=1S/C15H12N2O2/c1-2-17-8-7-12(16-9-17)13-14(18)10-5-3-4-6-11(10)15(13)19/h3-9H,2H2,1H3.